The van der Waals surface area contributed by atoms with Crippen LogP contribution >= 0.6 is 0 Å². The number of para-hydroxylation sites is 2. The topological polar surface area (TPSA) is 70.2 Å². The van der Waals surface area contributed by atoms with Crippen molar-refractivity contribution in [2.24, 2.45) is 0 Å². The molecule has 1 fully saturated rings. The Morgan fingerprint density at radius 2 is 1.66 bits per heavy atom. The Morgan fingerprint density at radius 3 is 2.39 bits per heavy atom. The summed E-state index contributed by atoms with van der Waals surface area (Å²) < 4.78 is 29.9. The number of piperazine rings is 1. The van der Waals surface area contributed by atoms with Crippen molar-refractivity contribution in [3.8, 4) is 5.75 Å². The molecular formula is C30H35N3O4S. The zero-order chi connectivity index (χ0) is 26.9. The van der Waals surface area contributed by atoms with Gasteiger partial charge in [0.2, 0.25) is 0 Å². The molecule has 1 amide bonds. The molecule has 0 radical (unpaired) electrons. The van der Waals surface area contributed by atoms with Crippen LogP contribution in [0.2, 0.25) is 0 Å². The van der Waals surface area contributed by atoms with E-state index in [9.17, 15) is 13.2 Å². The van der Waals surface area contributed by atoms with E-state index in [0.717, 1.165) is 61.0 Å². The number of rotatable bonds is 7. The van der Waals surface area contributed by atoms with Gasteiger partial charge in [0.15, 0.2) is 9.84 Å². The summed E-state index contributed by atoms with van der Waals surface area (Å²) >= 11 is 0. The van der Waals surface area contributed by atoms with Gasteiger partial charge in [0, 0.05) is 56.8 Å². The number of ether oxygens (including phenoxy) is 1. The number of carbonyl (C=O) groups excluding carboxylic acids is 1. The Bertz CT molecular complexity index is 1430. The predicted molar refractivity (Wildman–Crippen MR) is 151 cm³/mol. The summed E-state index contributed by atoms with van der Waals surface area (Å²) in [5.74, 6) is 0.877. The number of amides is 1. The Morgan fingerprint density at radius 1 is 0.895 bits per heavy atom. The molecule has 3 aromatic carbocycles. The van der Waals surface area contributed by atoms with Crippen LogP contribution in [0.1, 0.15) is 35.3 Å². The van der Waals surface area contributed by atoms with Crippen LogP contribution in [0.25, 0.3) is 0 Å². The fraction of sp³-hybridized carbons (Fsp3) is 0.367. The fourth-order valence-corrected chi connectivity index (χ4v) is 5.93. The quantitative estimate of drug-likeness (QED) is 0.448. The van der Waals surface area contributed by atoms with Crippen molar-refractivity contribution in [3.05, 3.63) is 83.4 Å². The van der Waals surface area contributed by atoms with E-state index in [-0.39, 0.29) is 12.0 Å². The van der Waals surface area contributed by atoms with Crippen LogP contribution in [0.15, 0.2) is 71.6 Å². The van der Waals surface area contributed by atoms with Crippen molar-refractivity contribution in [1.29, 1.82) is 0 Å². The Kier molecular flexibility index (Phi) is 7.45. The highest BCUT2D eigenvalue weighted by molar-refractivity contribution is 7.90. The maximum absolute atomic E-state index is 13.4. The number of nitrogens with zero attached hydrogens (tertiary/aromatic N) is 3. The molecule has 0 saturated carbocycles. The van der Waals surface area contributed by atoms with Gasteiger partial charge < -0.3 is 14.5 Å². The smallest absolute Gasteiger partial charge is 0.258 e. The highest BCUT2D eigenvalue weighted by Crippen LogP contribution is 2.32. The van der Waals surface area contributed by atoms with Crippen LogP contribution in [0, 0.1) is 0 Å². The highest BCUT2D eigenvalue weighted by atomic mass is 32.2. The lowest BCUT2D eigenvalue weighted by Crippen LogP contribution is -2.46. The second-order valence-electron chi connectivity index (χ2n) is 10.4. The summed E-state index contributed by atoms with van der Waals surface area (Å²) in [6.45, 7) is 9.11. The lowest BCUT2D eigenvalue weighted by atomic mass is 10.1. The normalized spacial score (nSPS) is 16.1. The van der Waals surface area contributed by atoms with Crippen molar-refractivity contribution >= 4 is 27.1 Å². The number of carbonyl (C=O) groups is 1. The average molecular weight is 534 g/mol. The van der Waals surface area contributed by atoms with Gasteiger partial charge in [-0.15, -0.1) is 0 Å². The van der Waals surface area contributed by atoms with Crippen LogP contribution in [0.3, 0.4) is 0 Å². The fourth-order valence-electron chi connectivity index (χ4n) is 5.26. The minimum Gasteiger partial charge on any atom is -0.489 e. The predicted octanol–water partition coefficient (Wildman–Crippen LogP) is 4.40. The van der Waals surface area contributed by atoms with Crippen LogP contribution < -0.4 is 14.5 Å². The molecule has 38 heavy (non-hydrogen) atoms. The van der Waals surface area contributed by atoms with Gasteiger partial charge in [-0.3, -0.25) is 9.69 Å². The van der Waals surface area contributed by atoms with Gasteiger partial charge in [0.05, 0.1) is 16.7 Å². The minimum absolute atomic E-state index is 0.0516. The van der Waals surface area contributed by atoms with Crippen LogP contribution in [0.4, 0.5) is 11.4 Å². The van der Waals surface area contributed by atoms with E-state index in [1.807, 2.05) is 44.2 Å². The molecule has 3 aromatic rings. The standard InChI is InChI=1S/C30H35N3O4S/c1-22(2)37-29-10-5-4-9-28(29)32-17-15-31(16-18-32)21-23-7-6-8-25(19-23)30(34)33-14-13-24-20-26(38(3,35)36)11-12-27(24)33/h4-12,19-20,22H,13-18,21H2,1-3H3. The van der Waals surface area contributed by atoms with Crippen LogP contribution in [-0.2, 0) is 22.8 Å². The molecule has 5 rings (SSSR count). The Hall–Kier alpha value is -3.36. The Balaban J connectivity index is 1.23. The molecule has 200 valence electrons. The van der Waals surface area contributed by atoms with Gasteiger partial charge >= 0.3 is 0 Å². The molecule has 7 nitrogen and oxygen atoms in total. The van der Waals surface area contributed by atoms with Gasteiger partial charge in [-0.1, -0.05) is 24.3 Å². The van der Waals surface area contributed by atoms with Gasteiger partial charge in [-0.2, -0.15) is 0 Å². The summed E-state index contributed by atoms with van der Waals surface area (Å²) in [6, 6.07) is 21.1. The SMILES string of the molecule is CC(C)Oc1ccccc1N1CCN(Cc2cccc(C(=O)N3CCc4cc(S(C)(=O)=O)ccc43)c2)CC1. The van der Waals surface area contributed by atoms with E-state index in [0.29, 0.717) is 23.4 Å². The summed E-state index contributed by atoms with van der Waals surface area (Å²) in [6.07, 6.45) is 1.99. The van der Waals surface area contributed by atoms with Gasteiger partial charge in [0.25, 0.3) is 5.91 Å². The molecule has 0 aliphatic carbocycles. The maximum Gasteiger partial charge on any atom is 0.258 e. The molecular weight excluding hydrogens is 498 g/mol. The molecule has 2 aliphatic heterocycles. The number of benzene rings is 3. The number of anilines is 2. The second kappa shape index (κ2) is 10.8. The summed E-state index contributed by atoms with van der Waals surface area (Å²) in [7, 11) is -3.28. The van der Waals surface area contributed by atoms with E-state index in [2.05, 4.69) is 28.0 Å². The molecule has 8 heteroatoms. The lowest BCUT2D eigenvalue weighted by molar-refractivity contribution is 0.0989. The third-order valence-electron chi connectivity index (χ3n) is 7.14. The molecule has 0 aromatic heterocycles. The van der Waals surface area contributed by atoms with E-state index in [1.165, 1.54) is 6.26 Å². The second-order valence-corrected chi connectivity index (χ2v) is 12.4. The molecule has 0 atom stereocenters. The number of sulfone groups is 1. The summed E-state index contributed by atoms with van der Waals surface area (Å²) in [5, 5.41) is 0. The molecule has 1 saturated heterocycles. The highest BCUT2D eigenvalue weighted by Gasteiger charge is 2.27. The minimum atomic E-state index is -3.28. The van der Waals surface area contributed by atoms with Gasteiger partial charge in [-0.25, -0.2) is 8.42 Å². The van der Waals surface area contributed by atoms with Crippen LogP contribution in [-0.4, -0.2) is 64.3 Å². The molecule has 2 aliphatic rings. The lowest BCUT2D eigenvalue weighted by Gasteiger charge is -2.37. The van der Waals surface area contributed by atoms with Crippen LogP contribution in [0.5, 0.6) is 5.75 Å². The molecule has 0 spiro atoms. The first-order valence-corrected chi connectivity index (χ1v) is 15.0. The summed E-state index contributed by atoms with van der Waals surface area (Å²) in [5.41, 5.74) is 4.60. The van der Waals surface area contributed by atoms with Crippen molar-refractivity contribution < 1.29 is 17.9 Å². The van der Waals surface area contributed by atoms with Gasteiger partial charge in [-0.05, 0) is 73.9 Å². The first-order chi connectivity index (χ1) is 18.2. The van der Waals surface area contributed by atoms with Crippen molar-refractivity contribution in [3.63, 3.8) is 0 Å². The van der Waals surface area contributed by atoms with Gasteiger partial charge in [0.1, 0.15) is 5.75 Å². The third-order valence-corrected chi connectivity index (χ3v) is 8.25. The Labute approximate surface area is 225 Å². The number of fused-ring (bicyclic) bond motifs is 1. The first-order valence-electron chi connectivity index (χ1n) is 13.2. The van der Waals surface area contributed by atoms with E-state index in [4.69, 9.17) is 4.74 Å². The summed E-state index contributed by atoms with van der Waals surface area (Å²) in [4.78, 5) is 20.3. The zero-order valence-electron chi connectivity index (χ0n) is 22.3. The van der Waals surface area contributed by atoms with Crippen molar-refractivity contribution in [1.82, 2.24) is 4.90 Å². The largest absolute Gasteiger partial charge is 0.489 e. The maximum atomic E-state index is 13.4. The van der Waals surface area contributed by atoms with Crippen molar-refractivity contribution in [2.75, 3.05) is 48.8 Å². The molecule has 0 N–H and O–H groups in total. The van der Waals surface area contributed by atoms with Crippen molar-refractivity contribution in [2.45, 2.75) is 37.8 Å². The first kappa shape index (κ1) is 26.3. The average Bonchev–Trinajstić information content (AvgIpc) is 3.32. The molecule has 0 unspecified atom stereocenters. The molecule has 0 bridgehead atoms. The number of hydrogen-bond donors (Lipinski definition) is 0. The van der Waals surface area contributed by atoms with E-state index < -0.39 is 9.84 Å². The molecule has 2 heterocycles. The zero-order valence-corrected chi connectivity index (χ0v) is 23.1. The van der Waals surface area contributed by atoms with E-state index >= 15 is 0 Å². The monoisotopic (exact) mass is 533 g/mol. The van der Waals surface area contributed by atoms with E-state index in [1.54, 1.807) is 23.1 Å². The third kappa shape index (κ3) is 5.71. The number of hydrogen-bond acceptors (Lipinski definition) is 6.